The summed E-state index contributed by atoms with van der Waals surface area (Å²) in [7, 11) is 1.80. The number of amides is 2. The summed E-state index contributed by atoms with van der Waals surface area (Å²) in [4.78, 5) is 29.8. The van der Waals surface area contributed by atoms with E-state index in [2.05, 4.69) is 13.8 Å². The third-order valence-corrected chi connectivity index (χ3v) is 5.94. The fourth-order valence-corrected chi connectivity index (χ4v) is 4.20. The van der Waals surface area contributed by atoms with Crippen LogP contribution in [-0.4, -0.2) is 61.0 Å². The number of benzene rings is 2. The molecule has 1 aliphatic rings. The molecule has 178 valence electrons. The molecule has 0 spiro atoms. The van der Waals surface area contributed by atoms with Gasteiger partial charge in [0.15, 0.2) is 6.61 Å². The lowest BCUT2D eigenvalue weighted by Crippen LogP contribution is -2.47. The van der Waals surface area contributed by atoms with E-state index in [1.54, 1.807) is 42.3 Å². The molecule has 7 heteroatoms. The van der Waals surface area contributed by atoms with Gasteiger partial charge >= 0.3 is 0 Å². The zero-order chi connectivity index (χ0) is 23.8. The van der Waals surface area contributed by atoms with Crippen LogP contribution in [0.15, 0.2) is 48.5 Å². The number of hydrogen-bond donors (Lipinski definition) is 0. The van der Waals surface area contributed by atoms with Crippen molar-refractivity contribution >= 4 is 23.4 Å². The van der Waals surface area contributed by atoms with Crippen LogP contribution < -0.4 is 9.47 Å². The van der Waals surface area contributed by atoms with Crippen molar-refractivity contribution < 1.29 is 19.1 Å². The highest BCUT2D eigenvalue weighted by atomic mass is 35.5. The standard InChI is InChI=1S/C26H33ClN2O4/c1-19(2)15-21-17-33-24-12-5-4-11-23(24)26(31)28(3)13-6-7-14-29(21)25(30)18-32-22-10-8-9-20(27)16-22/h4-5,8-12,16,19,21H,6-7,13-15,17-18H2,1-3H3/t21-/m0/s1. The monoisotopic (exact) mass is 472 g/mol. The maximum absolute atomic E-state index is 13.3. The average molecular weight is 473 g/mol. The summed E-state index contributed by atoms with van der Waals surface area (Å²) in [6.07, 6.45) is 2.38. The normalized spacial score (nSPS) is 17.6. The second kappa shape index (κ2) is 11.9. The molecule has 0 unspecified atom stereocenters. The van der Waals surface area contributed by atoms with Gasteiger partial charge in [0.25, 0.3) is 11.8 Å². The molecule has 2 amide bonds. The summed E-state index contributed by atoms with van der Waals surface area (Å²) < 4.78 is 11.9. The van der Waals surface area contributed by atoms with Crippen molar-refractivity contribution in [3.8, 4) is 11.5 Å². The molecule has 6 nitrogen and oxygen atoms in total. The predicted molar refractivity (Wildman–Crippen MR) is 130 cm³/mol. The predicted octanol–water partition coefficient (Wildman–Crippen LogP) is 4.91. The van der Waals surface area contributed by atoms with Crippen LogP contribution in [0.1, 0.15) is 43.5 Å². The van der Waals surface area contributed by atoms with Gasteiger partial charge in [0.1, 0.15) is 18.1 Å². The molecule has 0 aliphatic carbocycles. The van der Waals surface area contributed by atoms with Crippen molar-refractivity contribution in [1.82, 2.24) is 9.80 Å². The quantitative estimate of drug-likeness (QED) is 0.620. The van der Waals surface area contributed by atoms with Crippen LogP contribution >= 0.6 is 11.6 Å². The molecule has 2 aromatic carbocycles. The Kier molecular flexibility index (Phi) is 9.01. The molecule has 0 N–H and O–H groups in total. The van der Waals surface area contributed by atoms with Gasteiger partial charge in [-0.3, -0.25) is 9.59 Å². The number of nitrogens with zero attached hydrogens (tertiary/aromatic N) is 2. The van der Waals surface area contributed by atoms with Gasteiger partial charge < -0.3 is 19.3 Å². The molecular formula is C26H33ClN2O4. The highest BCUT2D eigenvalue weighted by molar-refractivity contribution is 6.30. The molecule has 1 atom stereocenters. The number of para-hydroxylation sites is 1. The van der Waals surface area contributed by atoms with Crippen molar-refractivity contribution in [2.45, 2.75) is 39.2 Å². The summed E-state index contributed by atoms with van der Waals surface area (Å²) >= 11 is 6.03. The fourth-order valence-electron chi connectivity index (χ4n) is 4.02. The number of hydrogen-bond acceptors (Lipinski definition) is 4. The summed E-state index contributed by atoms with van der Waals surface area (Å²) in [5.41, 5.74) is 0.547. The first-order valence-electron chi connectivity index (χ1n) is 11.5. The largest absolute Gasteiger partial charge is 0.491 e. The van der Waals surface area contributed by atoms with Crippen LogP contribution in [0.4, 0.5) is 0 Å². The van der Waals surface area contributed by atoms with E-state index < -0.39 is 0 Å². The number of fused-ring (bicyclic) bond motifs is 1. The molecule has 1 heterocycles. The minimum atomic E-state index is -0.124. The van der Waals surface area contributed by atoms with Crippen molar-refractivity contribution in [3.05, 3.63) is 59.1 Å². The summed E-state index contributed by atoms with van der Waals surface area (Å²) in [5, 5.41) is 0.565. The van der Waals surface area contributed by atoms with E-state index in [1.807, 2.05) is 23.1 Å². The van der Waals surface area contributed by atoms with E-state index in [4.69, 9.17) is 21.1 Å². The zero-order valence-corrected chi connectivity index (χ0v) is 20.4. The van der Waals surface area contributed by atoms with Gasteiger partial charge in [-0.25, -0.2) is 0 Å². The summed E-state index contributed by atoms with van der Waals surface area (Å²) in [5.74, 6) is 1.36. The summed E-state index contributed by atoms with van der Waals surface area (Å²) in [6, 6.07) is 14.2. The van der Waals surface area contributed by atoms with Crippen molar-refractivity contribution in [1.29, 1.82) is 0 Å². The Hall–Kier alpha value is -2.73. The smallest absolute Gasteiger partial charge is 0.260 e. The van der Waals surface area contributed by atoms with Gasteiger partial charge in [0, 0.05) is 25.2 Å². The van der Waals surface area contributed by atoms with Gasteiger partial charge in [-0.05, 0) is 55.5 Å². The van der Waals surface area contributed by atoms with Crippen LogP contribution in [0.5, 0.6) is 11.5 Å². The summed E-state index contributed by atoms with van der Waals surface area (Å²) in [6.45, 7) is 5.71. The molecule has 3 rings (SSSR count). The molecular weight excluding hydrogens is 440 g/mol. The first-order valence-corrected chi connectivity index (χ1v) is 11.9. The number of carbonyl (C=O) groups is 2. The minimum Gasteiger partial charge on any atom is -0.491 e. The van der Waals surface area contributed by atoms with Gasteiger partial charge in [-0.2, -0.15) is 0 Å². The van der Waals surface area contributed by atoms with Crippen LogP contribution in [0.3, 0.4) is 0 Å². The Bertz CT molecular complexity index is 949. The van der Waals surface area contributed by atoms with Crippen LogP contribution in [-0.2, 0) is 4.79 Å². The Morgan fingerprint density at radius 2 is 1.91 bits per heavy atom. The topological polar surface area (TPSA) is 59.1 Å². The maximum Gasteiger partial charge on any atom is 0.260 e. The van der Waals surface area contributed by atoms with Crippen molar-refractivity contribution in [2.75, 3.05) is 33.4 Å². The lowest BCUT2D eigenvalue weighted by atomic mass is 10.0. The van der Waals surface area contributed by atoms with E-state index in [0.717, 1.165) is 19.3 Å². The lowest BCUT2D eigenvalue weighted by molar-refractivity contribution is -0.137. The Morgan fingerprint density at radius 3 is 2.67 bits per heavy atom. The first-order chi connectivity index (χ1) is 15.8. The molecule has 0 radical (unpaired) electrons. The third kappa shape index (κ3) is 7.13. The molecule has 33 heavy (non-hydrogen) atoms. The van der Waals surface area contributed by atoms with Gasteiger partial charge in [-0.15, -0.1) is 0 Å². The molecule has 0 aromatic heterocycles. The van der Waals surface area contributed by atoms with Crippen molar-refractivity contribution in [3.63, 3.8) is 0 Å². The van der Waals surface area contributed by atoms with Crippen molar-refractivity contribution in [2.24, 2.45) is 5.92 Å². The molecule has 0 bridgehead atoms. The first kappa shape index (κ1) is 24.9. The van der Waals surface area contributed by atoms with E-state index in [9.17, 15) is 9.59 Å². The molecule has 1 aliphatic heterocycles. The highest BCUT2D eigenvalue weighted by Gasteiger charge is 2.27. The zero-order valence-electron chi connectivity index (χ0n) is 19.6. The third-order valence-electron chi connectivity index (χ3n) is 5.70. The average Bonchev–Trinajstić information content (AvgIpc) is 2.79. The molecule has 0 saturated heterocycles. The molecule has 0 fully saturated rings. The molecule has 2 aromatic rings. The van der Waals surface area contributed by atoms with Gasteiger partial charge in [-0.1, -0.05) is 43.6 Å². The highest BCUT2D eigenvalue weighted by Crippen LogP contribution is 2.23. The van der Waals surface area contributed by atoms with Crippen LogP contribution in [0.2, 0.25) is 5.02 Å². The number of carbonyl (C=O) groups excluding carboxylic acids is 2. The molecule has 0 saturated carbocycles. The Morgan fingerprint density at radius 1 is 1.15 bits per heavy atom. The number of halogens is 1. The number of rotatable bonds is 5. The number of ether oxygens (including phenoxy) is 2. The fraction of sp³-hybridized carbons (Fsp3) is 0.462. The van der Waals surface area contributed by atoms with Gasteiger partial charge in [0.2, 0.25) is 0 Å². The van der Waals surface area contributed by atoms with Crippen LogP contribution in [0.25, 0.3) is 0 Å². The maximum atomic E-state index is 13.3. The van der Waals surface area contributed by atoms with E-state index in [1.165, 1.54) is 0 Å². The minimum absolute atomic E-state index is 0.0468. The second-order valence-electron chi connectivity index (χ2n) is 8.86. The SMILES string of the molecule is CC(C)C[C@H]1COc2ccccc2C(=O)N(C)CCCCN1C(=O)COc1cccc(Cl)c1. The van der Waals surface area contributed by atoms with E-state index >= 15 is 0 Å². The lowest BCUT2D eigenvalue weighted by Gasteiger charge is -2.34. The Balaban J connectivity index is 1.81. The van der Waals surface area contributed by atoms with Gasteiger partial charge in [0.05, 0.1) is 11.6 Å². The Labute approximate surface area is 201 Å². The van der Waals surface area contributed by atoms with E-state index in [0.29, 0.717) is 47.7 Å². The second-order valence-corrected chi connectivity index (χ2v) is 9.29. The van der Waals surface area contributed by atoms with Crippen LogP contribution in [0, 0.1) is 5.92 Å². The van der Waals surface area contributed by atoms with E-state index in [-0.39, 0.29) is 24.5 Å².